The van der Waals surface area contributed by atoms with E-state index in [1.54, 1.807) is 30.3 Å². The molecule has 1 saturated heterocycles. The molecule has 0 bridgehead atoms. The first kappa shape index (κ1) is 18.8. The van der Waals surface area contributed by atoms with Crippen LogP contribution in [0.25, 0.3) is 0 Å². The molecule has 0 aliphatic carbocycles. The van der Waals surface area contributed by atoms with Gasteiger partial charge in [0.25, 0.3) is 5.91 Å². The Morgan fingerprint density at radius 2 is 2.19 bits per heavy atom. The lowest BCUT2D eigenvalue weighted by Gasteiger charge is -2.27. The van der Waals surface area contributed by atoms with Crippen molar-refractivity contribution in [3.63, 3.8) is 0 Å². The number of rotatable bonds is 6. The Bertz CT molecular complexity index is 879. The summed E-state index contributed by atoms with van der Waals surface area (Å²) in [5.74, 6) is 0.957. The van der Waals surface area contributed by atoms with Crippen LogP contribution in [0.15, 0.2) is 41.0 Å². The van der Waals surface area contributed by atoms with Gasteiger partial charge >= 0.3 is 0 Å². The van der Waals surface area contributed by atoms with Gasteiger partial charge in [-0.05, 0) is 49.2 Å². The molecule has 1 aromatic heterocycles. The lowest BCUT2D eigenvalue weighted by Crippen LogP contribution is -2.43. The van der Waals surface area contributed by atoms with Crippen LogP contribution >= 0.6 is 11.6 Å². The van der Waals surface area contributed by atoms with E-state index in [1.807, 2.05) is 6.92 Å². The Hall–Kier alpha value is -1.99. The molecule has 3 rings (SSSR count). The third-order valence-electron chi connectivity index (χ3n) is 4.36. The Balaban J connectivity index is 1.71. The lowest BCUT2D eigenvalue weighted by molar-refractivity contribution is -0.136. The predicted octanol–water partition coefficient (Wildman–Crippen LogP) is 2.84. The van der Waals surface area contributed by atoms with Crippen molar-refractivity contribution in [3.8, 4) is 5.75 Å². The van der Waals surface area contributed by atoms with Gasteiger partial charge in [0.05, 0.1) is 24.3 Å². The van der Waals surface area contributed by atoms with Crippen molar-refractivity contribution >= 4 is 27.3 Å². The number of hydrogen-bond donors (Lipinski definition) is 0. The first-order valence-corrected chi connectivity index (χ1v) is 10.5. The highest BCUT2D eigenvalue weighted by Gasteiger charge is 2.35. The molecule has 1 aliphatic rings. The molecule has 8 heteroatoms. The minimum Gasteiger partial charge on any atom is -0.483 e. The van der Waals surface area contributed by atoms with Crippen LogP contribution in [0.1, 0.15) is 17.7 Å². The van der Waals surface area contributed by atoms with E-state index in [9.17, 15) is 13.2 Å². The van der Waals surface area contributed by atoms with E-state index in [1.165, 1.54) is 11.2 Å². The summed E-state index contributed by atoms with van der Waals surface area (Å²) in [6.07, 6.45) is 1.95. The average molecular weight is 398 g/mol. The maximum atomic E-state index is 12.8. The van der Waals surface area contributed by atoms with Crippen molar-refractivity contribution in [1.82, 2.24) is 4.90 Å². The summed E-state index contributed by atoms with van der Waals surface area (Å²) in [6, 6.07) is 8.28. The minimum absolute atomic E-state index is 0.0284. The molecule has 0 N–H and O–H groups in total. The van der Waals surface area contributed by atoms with Gasteiger partial charge in [-0.3, -0.25) is 4.79 Å². The van der Waals surface area contributed by atoms with Gasteiger partial charge in [-0.1, -0.05) is 11.6 Å². The second-order valence-electron chi connectivity index (χ2n) is 6.36. The van der Waals surface area contributed by atoms with Crippen molar-refractivity contribution in [1.29, 1.82) is 0 Å². The van der Waals surface area contributed by atoms with E-state index in [2.05, 4.69) is 0 Å². The molecule has 2 aromatic rings. The molecule has 1 amide bonds. The molecule has 6 nitrogen and oxygen atoms in total. The van der Waals surface area contributed by atoms with Crippen molar-refractivity contribution in [3.05, 3.63) is 52.9 Å². The zero-order valence-corrected chi connectivity index (χ0v) is 15.9. The van der Waals surface area contributed by atoms with Gasteiger partial charge in [0.2, 0.25) is 0 Å². The summed E-state index contributed by atoms with van der Waals surface area (Å²) >= 11 is 5.92. The highest BCUT2D eigenvalue weighted by atomic mass is 35.5. The smallest absolute Gasteiger partial charge is 0.261 e. The van der Waals surface area contributed by atoms with Gasteiger partial charge in [0.15, 0.2) is 16.4 Å². The van der Waals surface area contributed by atoms with Gasteiger partial charge in [0, 0.05) is 11.1 Å². The molecule has 1 aliphatic heterocycles. The van der Waals surface area contributed by atoms with Gasteiger partial charge in [-0.25, -0.2) is 8.42 Å². The van der Waals surface area contributed by atoms with Crippen LogP contribution in [0.5, 0.6) is 5.75 Å². The van der Waals surface area contributed by atoms with E-state index >= 15 is 0 Å². The fraction of sp³-hybridized carbons (Fsp3) is 0.389. The van der Waals surface area contributed by atoms with Crippen molar-refractivity contribution < 1.29 is 22.4 Å². The Labute approximate surface area is 157 Å². The normalized spacial score (nSPS) is 18.6. The molecule has 0 unspecified atom stereocenters. The highest BCUT2D eigenvalue weighted by Crippen LogP contribution is 2.23. The van der Waals surface area contributed by atoms with Crippen LogP contribution in [0, 0.1) is 6.92 Å². The number of benzene rings is 1. The second kappa shape index (κ2) is 7.72. The van der Waals surface area contributed by atoms with E-state index in [4.69, 9.17) is 20.8 Å². The molecule has 1 aromatic carbocycles. The number of amides is 1. The molecule has 1 fully saturated rings. The fourth-order valence-corrected chi connectivity index (χ4v) is 4.97. The summed E-state index contributed by atoms with van der Waals surface area (Å²) in [5.41, 5.74) is 0.825. The molecular weight excluding hydrogens is 378 g/mol. The zero-order valence-electron chi connectivity index (χ0n) is 14.4. The Kier molecular flexibility index (Phi) is 5.58. The number of halogens is 1. The quantitative estimate of drug-likeness (QED) is 0.749. The number of hydrogen-bond acceptors (Lipinski definition) is 5. The topological polar surface area (TPSA) is 76.8 Å². The average Bonchev–Trinajstić information content (AvgIpc) is 3.20. The Morgan fingerprint density at radius 3 is 2.81 bits per heavy atom. The van der Waals surface area contributed by atoms with Crippen LogP contribution in [0.4, 0.5) is 0 Å². The molecular formula is C18H20ClNO5S. The predicted molar refractivity (Wildman–Crippen MR) is 98.0 cm³/mol. The number of furan rings is 1. The monoisotopic (exact) mass is 397 g/mol. The third-order valence-corrected chi connectivity index (χ3v) is 6.35. The van der Waals surface area contributed by atoms with Crippen molar-refractivity contribution in [2.24, 2.45) is 0 Å². The largest absolute Gasteiger partial charge is 0.483 e. The number of aryl methyl sites for hydroxylation is 1. The number of sulfone groups is 1. The van der Waals surface area contributed by atoms with Crippen LogP contribution in [0.2, 0.25) is 5.02 Å². The molecule has 140 valence electrons. The lowest BCUT2D eigenvalue weighted by atomic mass is 10.2. The van der Waals surface area contributed by atoms with Crippen LogP contribution in [0.3, 0.4) is 0 Å². The molecule has 0 radical (unpaired) electrons. The third kappa shape index (κ3) is 4.59. The van der Waals surface area contributed by atoms with E-state index in [0.717, 1.165) is 5.56 Å². The van der Waals surface area contributed by atoms with Gasteiger partial charge in [0.1, 0.15) is 11.5 Å². The van der Waals surface area contributed by atoms with Crippen molar-refractivity contribution in [2.75, 3.05) is 18.1 Å². The molecule has 26 heavy (non-hydrogen) atoms. The number of carbonyl (C=O) groups is 1. The SMILES string of the molecule is Cc1cc(Cl)ccc1OCC(=O)N(Cc1ccco1)[C@H]1CCS(=O)(=O)C1. The highest BCUT2D eigenvalue weighted by molar-refractivity contribution is 7.91. The fourth-order valence-electron chi connectivity index (χ4n) is 3.01. The van der Waals surface area contributed by atoms with Crippen LogP contribution in [-0.4, -0.2) is 43.4 Å². The maximum absolute atomic E-state index is 12.8. The maximum Gasteiger partial charge on any atom is 0.261 e. The van der Waals surface area contributed by atoms with E-state index in [0.29, 0.717) is 23.0 Å². The van der Waals surface area contributed by atoms with Gasteiger partial charge < -0.3 is 14.1 Å². The number of carbonyl (C=O) groups excluding carboxylic acids is 1. The minimum atomic E-state index is -3.11. The standard InChI is InChI=1S/C18H20ClNO5S/c1-13-9-14(19)4-5-17(13)25-11-18(21)20(10-16-3-2-7-24-16)15-6-8-26(22,23)12-15/h2-5,7,9,15H,6,8,10-12H2,1H3/t15-/m0/s1. The molecule has 2 heterocycles. The van der Waals surface area contributed by atoms with Gasteiger partial charge in [-0.15, -0.1) is 0 Å². The first-order chi connectivity index (χ1) is 12.3. The summed E-state index contributed by atoms with van der Waals surface area (Å²) in [5, 5.41) is 0.594. The summed E-state index contributed by atoms with van der Waals surface area (Å²) in [7, 11) is -3.11. The van der Waals surface area contributed by atoms with Gasteiger partial charge in [-0.2, -0.15) is 0 Å². The molecule has 1 atom stereocenters. The summed E-state index contributed by atoms with van der Waals surface area (Å²) < 4.78 is 34.6. The first-order valence-electron chi connectivity index (χ1n) is 8.25. The van der Waals surface area contributed by atoms with E-state index in [-0.39, 0.29) is 36.6 Å². The van der Waals surface area contributed by atoms with Crippen LogP contribution in [-0.2, 0) is 21.2 Å². The second-order valence-corrected chi connectivity index (χ2v) is 9.02. The zero-order chi connectivity index (χ0) is 18.7. The number of nitrogens with zero attached hydrogens (tertiary/aromatic N) is 1. The molecule has 0 saturated carbocycles. The number of ether oxygens (including phenoxy) is 1. The van der Waals surface area contributed by atoms with Crippen molar-refractivity contribution in [2.45, 2.75) is 25.9 Å². The van der Waals surface area contributed by atoms with Crippen LogP contribution < -0.4 is 4.74 Å². The van der Waals surface area contributed by atoms with E-state index < -0.39 is 9.84 Å². The molecule has 0 spiro atoms. The summed E-state index contributed by atoms with van der Waals surface area (Å²) in [6.45, 7) is 1.88. The Morgan fingerprint density at radius 1 is 1.38 bits per heavy atom. The summed E-state index contributed by atoms with van der Waals surface area (Å²) in [4.78, 5) is 14.3.